The number of halogens is 1. The number of ether oxygens (including phenoxy) is 1. The molecular weight excluding hydrogens is 259 g/mol. The molecule has 0 saturated heterocycles. The first kappa shape index (κ1) is 13.7. The normalized spacial score (nSPS) is 11.4. The Morgan fingerprint density at radius 2 is 1.90 bits per heavy atom. The highest BCUT2D eigenvalue weighted by molar-refractivity contribution is 5.34. The Hall–Kier alpha value is -2.74. The van der Waals surface area contributed by atoms with Crippen LogP contribution < -0.4 is 4.74 Å². The van der Waals surface area contributed by atoms with Gasteiger partial charge in [0.2, 0.25) is 6.04 Å². The van der Waals surface area contributed by atoms with Crippen LogP contribution in [-0.4, -0.2) is 0 Å². The van der Waals surface area contributed by atoms with Crippen LogP contribution in [0.4, 0.5) is 4.39 Å². The van der Waals surface area contributed by atoms with Gasteiger partial charge in [0.25, 0.3) is 0 Å². The molecule has 1 atom stereocenters. The van der Waals surface area contributed by atoms with E-state index in [1.54, 1.807) is 36.4 Å². The Morgan fingerprint density at radius 1 is 1.20 bits per heavy atom. The highest BCUT2D eigenvalue weighted by Crippen LogP contribution is 2.23. The molecule has 0 aliphatic carbocycles. The van der Waals surface area contributed by atoms with Gasteiger partial charge in [0.1, 0.15) is 6.61 Å². The molecule has 0 aromatic heterocycles. The average Bonchev–Trinajstić information content (AvgIpc) is 2.49. The lowest BCUT2D eigenvalue weighted by molar-refractivity contribution is 0.289. The zero-order valence-electron chi connectivity index (χ0n) is 10.5. The summed E-state index contributed by atoms with van der Waals surface area (Å²) in [5, 5.41) is 11.7. The molecule has 0 aliphatic heterocycles. The summed E-state index contributed by atoms with van der Waals surface area (Å²) in [6, 6.07) is 13.6. The Morgan fingerprint density at radius 3 is 2.60 bits per heavy atom. The Bertz CT molecular complexity index is 652. The summed E-state index contributed by atoms with van der Waals surface area (Å²) < 4.78 is 18.8. The predicted molar refractivity (Wildman–Crippen MR) is 71.3 cm³/mol. The van der Waals surface area contributed by atoms with Crippen molar-refractivity contribution in [2.24, 2.45) is 5.18 Å². The van der Waals surface area contributed by atoms with E-state index in [2.05, 4.69) is 5.18 Å². The van der Waals surface area contributed by atoms with Crippen molar-refractivity contribution in [2.75, 3.05) is 0 Å². The lowest BCUT2D eigenvalue weighted by Gasteiger charge is -2.11. The molecule has 0 spiro atoms. The van der Waals surface area contributed by atoms with Crippen molar-refractivity contribution >= 4 is 0 Å². The fourth-order valence-electron chi connectivity index (χ4n) is 1.80. The third-order valence-corrected chi connectivity index (χ3v) is 2.80. The van der Waals surface area contributed by atoms with Crippen molar-refractivity contribution < 1.29 is 9.13 Å². The van der Waals surface area contributed by atoms with Crippen LogP contribution in [0.3, 0.4) is 0 Å². The minimum absolute atomic E-state index is 0.0603. The number of hydrogen-bond donors (Lipinski definition) is 0. The van der Waals surface area contributed by atoms with Crippen LogP contribution in [0.25, 0.3) is 0 Å². The first-order valence-corrected chi connectivity index (χ1v) is 5.93. The van der Waals surface area contributed by atoms with Gasteiger partial charge in [-0.3, -0.25) is 0 Å². The van der Waals surface area contributed by atoms with E-state index in [1.165, 1.54) is 12.1 Å². The monoisotopic (exact) mass is 270 g/mol. The summed E-state index contributed by atoms with van der Waals surface area (Å²) in [5.41, 5.74) is 1.10. The van der Waals surface area contributed by atoms with E-state index in [1.807, 2.05) is 6.07 Å². The molecule has 0 saturated carbocycles. The smallest absolute Gasteiger partial charge is 0.203 e. The number of nitrogens with zero attached hydrogens (tertiary/aromatic N) is 2. The maximum Gasteiger partial charge on any atom is 0.203 e. The number of benzene rings is 2. The Kier molecular flexibility index (Phi) is 4.40. The van der Waals surface area contributed by atoms with Crippen molar-refractivity contribution in [3.05, 3.63) is 70.4 Å². The van der Waals surface area contributed by atoms with Crippen LogP contribution in [0.1, 0.15) is 17.2 Å². The van der Waals surface area contributed by atoms with E-state index in [0.29, 0.717) is 11.1 Å². The van der Waals surface area contributed by atoms with Crippen LogP contribution in [0, 0.1) is 22.1 Å². The number of para-hydroxylation sites is 1. The quantitative estimate of drug-likeness (QED) is 0.777. The molecule has 2 aromatic carbocycles. The standard InChI is InChI=1S/C15H11FN2O2/c16-13-7-3-4-8-15(13)20-10-11-5-1-2-6-12(11)14(9-17)18-19/h1-8,14H,10H2. The molecule has 2 rings (SSSR count). The minimum atomic E-state index is -1.09. The van der Waals surface area contributed by atoms with Crippen molar-refractivity contribution in [1.29, 1.82) is 5.26 Å². The molecule has 0 N–H and O–H groups in total. The summed E-state index contributed by atoms with van der Waals surface area (Å²) in [6.07, 6.45) is 0. The summed E-state index contributed by atoms with van der Waals surface area (Å²) >= 11 is 0. The van der Waals surface area contributed by atoms with Crippen LogP contribution in [0.15, 0.2) is 53.7 Å². The second-order valence-electron chi connectivity index (χ2n) is 4.05. The molecule has 100 valence electrons. The highest BCUT2D eigenvalue weighted by atomic mass is 19.1. The van der Waals surface area contributed by atoms with Gasteiger partial charge >= 0.3 is 0 Å². The van der Waals surface area contributed by atoms with Crippen LogP contribution in [-0.2, 0) is 6.61 Å². The maximum atomic E-state index is 13.4. The van der Waals surface area contributed by atoms with E-state index in [9.17, 15) is 9.30 Å². The molecule has 20 heavy (non-hydrogen) atoms. The van der Waals surface area contributed by atoms with Crippen LogP contribution >= 0.6 is 0 Å². The van der Waals surface area contributed by atoms with Gasteiger partial charge in [-0.05, 0) is 22.9 Å². The van der Waals surface area contributed by atoms with Gasteiger partial charge in [0.15, 0.2) is 11.6 Å². The van der Waals surface area contributed by atoms with E-state index in [-0.39, 0.29) is 12.4 Å². The van der Waals surface area contributed by atoms with Gasteiger partial charge < -0.3 is 4.74 Å². The summed E-state index contributed by atoms with van der Waals surface area (Å²) in [5.74, 6) is -0.342. The summed E-state index contributed by atoms with van der Waals surface area (Å²) in [6.45, 7) is 0.0603. The molecule has 0 amide bonds. The number of nitroso groups, excluding NO2 is 1. The van der Waals surface area contributed by atoms with Crippen LogP contribution in [0.2, 0.25) is 0 Å². The number of rotatable bonds is 5. The molecule has 0 fully saturated rings. The summed E-state index contributed by atoms with van der Waals surface area (Å²) in [4.78, 5) is 10.6. The molecule has 0 radical (unpaired) electrons. The second-order valence-corrected chi connectivity index (χ2v) is 4.05. The molecule has 2 aromatic rings. The molecular formula is C15H11FN2O2. The zero-order valence-corrected chi connectivity index (χ0v) is 10.5. The fourth-order valence-corrected chi connectivity index (χ4v) is 1.80. The topological polar surface area (TPSA) is 62.5 Å². The third-order valence-electron chi connectivity index (χ3n) is 2.80. The van der Waals surface area contributed by atoms with Gasteiger partial charge in [-0.15, -0.1) is 4.91 Å². The lowest BCUT2D eigenvalue weighted by Crippen LogP contribution is -2.03. The van der Waals surface area contributed by atoms with E-state index in [0.717, 1.165) is 0 Å². The minimum Gasteiger partial charge on any atom is -0.486 e. The van der Waals surface area contributed by atoms with Gasteiger partial charge in [-0.2, -0.15) is 5.26 Å². The molecule has 1 unspecified atom stereocenters. The highest BCUT2D eigenvalue weighted by Gasteiger charge is 2.15. The molecule has 0 heterocycles. The SMILES string of the molecule is N#CC(N=O)c1ccccc1COc1ccccc1F. The molecule has 0 bridgehead atoms. The molecule has 4 nitrogen and oxygen atoms in total. The maximum absolute atomic E-state index is 13.4. The third kappa shape index (κ3) is 2.98. The Balaban J connectivity index is 2.20. The molecule has 0 aliphatic rings. The summed E-state index contributed by atoms with van der Waals surface area (Å²) in [7, 11) is 0. The first-order chi connectivity index (χ1) is 9.76. The second kappa shape index (κ2) is 6.43. The van der Waals surface area contributed by atoms with Crippen molar-refractivity contribution in [3.63, 3.8) is 0 Å². The average molecular weight is 270 g/mol. The van der Waals surface area contributed by atoms with E-state index < -0.39 is 11.9 Å². The van der Waals surface area contributed by atoms with Gasteiger partial charge in [0, 0.05) is 5.56 Å². The lowest BCUT2D eigenvalue weighted by atomic mass is 10.0. The fraction of sp³-hybridized carbons (Fsp3) is 0.133. The van der Waals surface area contributed by atoms with Crippen LogP contribution in [0.5, 0.6) is 5.75 Å². The van der Waals surface area contributed by atoms with Gasteiger partial charge in [-0.1, -0.05) is 36.4 Å². The number of nitriles is 1. The molecule has 5 heteroatoms. The van der Waals surface area contributed by atoms with Gasteiger partial charge in [0.05, 0.1) is 6.07 Å². The van der Waals surface area contributed by atoms with E-state index in [4.69, 9.17) is 10.00 Å². The Labute approximate surface area is 115 Å². The van der Waals surface area contributed by atoms with E-state index >= 15 is 0 Å². The van der Waals surface area contributed by atoms with Crippen molar-refractivity contribution in [1.82, 2.24) is 0 Å². The van der Waals surface area contributed by atoms with Gasteiger partial charge in [-0.25, -0.2) is 4.39 Å². The predicted octanol–water partition coefficient (Wildman–Crippen LogP) is 3.74. The van der Waals surface area contributed by atoms with Crippen molar-refractivity contribution in [2.45, 2.75) is 12.6 Å². The largest absolute Gasteiger partial charge is 0.486 e. The first-order valence-electron chi connectivity index (χ1n) is 5.93. The number of hydrogen-bond acceptors (Lipinski definition) is 4. The van der Waals surface area contributed by atoms with Crippen molar-refractivity contribution in [3.8, 4) is 11.8 Å². The zero-order chi connectivity index (χ0) is 14.4.